The fraction of sp³-hybridized carbons (Fsp3) is 0.750. The van der Waals surface area contributed by atoms with Crippen LogP contribution in [0.4, 0.5) is 0 Å². The largest absolute Gasteiger partial charge is 0.507 e. The molecule has 0 radical (unpaired) electrons. The summed E-state index contributed by atoms with van der Waals surface area (Å²) >= 11 is 0. The molecule has 0 aliphatic carbocycles. The van der Waals surface area contributed by atoms with Crippen molar-refractivity contribution in [3.8, 4) is 5.75 Å². The molecular weight excluding hydrogens is 396 g/mol. The molecule has 1 amide bonds. The number of hydrogen-bond acceptors (Lipinski definition) is 3. The molecule has 1 heterocycles. The predicted octanol–water partition coefficient (Wildman–Crippen LogP) is 6.08. The maximum absolute atomic E-state index is 13.8. The van der Waals surface area contributed by atoms with E-state index in [2.05, 4.69) is 98.9 Å². The lowest BCUT2D eigenvalue weighted by Gasteiger charge is -2.47. The number of nitrogens with one attached hydrogen (secondary N) is 2. The average Bonchev–Trinajstić information content (AvgIpc) is 2.56. The Morgan fingerprint density at radius 3 is 1.72 bits per heavy atom. The Labute approximate surface area is 197 Å². The van der Waals surface area contributed by atoms with E-state index in [0.29, 0.717) is 12.2 Å². The highest BCUT2D eigenvalue weighted by Gasteiger charge is 2.42. The molecule has 32 heavy (non-hydrogen) atoms. The molecule has 1 saturated heterocycles. The van der Waals surface area contributed by atoms with Crippen LogP contribution in [0.25, 0.3) is 0 Å². The van der Waals surface area contributed by atoms with Crippen molar-refractivity contribution in [2.45, 2.75) is 136 Å². The highest BCUT2D eigenvalue weighted by Crippen LogP contribution is 2.43. The lowest BCUT2D eigenvalue weighted by atomic mass is 9.72. The topological polar surface area (TPSA) is 61.4 Å². The molecule has 0 aromatic heterocycles. The van der Waals surface area contributed by atoms with Crippen LogP contribution in [0.15, 0.2) is 12.1 Å². The van der Waals surface area contributed by atoms with Gasteiger partial charge in [0.2, 0.25) is 5.91 Å². The molecule has 182 valence electrons. The van der Waals surface area contributed by atoms with E-state index < -0.39 is 5.41 Å². The zero-order valence-electron chi connectivity index (χ0n) is 22.7. The first-order valence-electron chi connectivity index (χ1n) is 12.2. The molecule has 3 N–H and O–H groups in total. The third-order valence-electron chi connectivity index (χ3n) is 7.10. The summed E-state index contributed by atoms with van der Waals surface area (Å²) in [5.74, 6) is 0.429. The Balaban J connectivity index is 2.52. The molecule has 1 atom stereocenters. The SMILES string of the molecule is CCC(C)(C(=O)NC1CC(C)(C)NC(C)(C)C1)c1cc(C(C)(C)C)c(O)c(C(C)(C)C)c1. The second-order valence-electron chi connectivity index (χ2n) is 13.6. The van der Waals surface area contributed by atoms with Gasteiger partial charge < -0.3 is 15.7 Å². The van der Waals surface area contributed by atoms with Crippen LogP contribution in [-0.2, 0) is 21.0 Å². The summed E-state index contributed by atoms with van der Waals surface area (Å²) in [6.45, 7) is 25.6. The van der Waals surface area contributed by atoms with Crippen molar-refractivity contribution in [3.05, 3.63) is 28.8 Å². The first-order chi connectivity index (χ1) is 14.2. The molecule has 0 bridgehead atoms. The van der Waals surface area contributed by atoms with E-state index in [0.717, 1.165) is 29.5 Å². The second-order valence-corrected chi connectivity index (χ2v) is 13.6. The standard InChI is InChI=1S/C28H48N2O2/c1-13-28(12,23(32)29-19-16-26(8,9)30-27(10,11)17-19)18-14-20(24(2,3)4)22(31)21(15-18)25(5,6)7/h14-15,19,30-31H,13,16-17H2,1-12H3,(H,29,32). The van der Waals surface area contributed by atoms with Gasteiger partial charge in [-0.1, -0.05) is 60.6 Å². The van der Waals surface area contributed by atoms with Gasteiger partial charge in [-0.05, 0) is 81.4 Å². The van der Waals surface area contributed by atoms with E-state index in [-0.39, 0.29) is 33.9 Å². The minimum absolute atomic E-state index is 0.0281. The first kappa shape index (κ1) is 26.7. The van der Waals surface area contributed by atoms with Crippen molar-refractivity contribution >= 4 is 5.91 Å². The quantitative estimate of drug-likeness (QED) is 0.527. The number of carbonyl (C=O) groups is 1. The molecule has 0 saturated carbocycles. The number of hydrogen-bond donors (Lipinski definition) is 3. The summed E-state index contributed by atoms with van der Waals surface area (Å²) in [7, 11) is 0. The summed E-state index contributed by atoms with van der Waals surface area (Å²) in [6.07, 6.45) is 2.49. The fourth-order valence-electron chi connectivity index (χ4n) is 5.36. The van der Waals surface area contributed by atoms with E-state index in [1.165, 1.54) is 0 Å². The number of phenolic OH excluding ortho intramolecular Hbond substituents is 1. The summed E-state index contributed by atoms with van der Waals surface area (Å²) < 4.78 is 0. The summed E-state index contributed by atoms with van der Waals surface area (Å²) in [5, 5.41) is 18.2. The number of aromatic hydroxyl groups is 1. The minimum atomic E-state index is -0.674. The number of piperidine rings is 1. The van der Waals surface area contributed by atoms with Gasteiger partial charge in [-0.3, -0.25) is 4.79 Å². The number of benzene rings is 1. The molecule has 1 fully saturated rings. The molecule has 4 heteroatoms. The Morgan fingerprint density at radius 1 is 0.969 bits per heavy atom. The number of amides is 1. The molecule has 1 aromatic carbocycles. The molecule has 0 spiro atoms. The highest BCUT2D eigenvalue weighted by atomic mass is 16.3. The Bertz CT molecular complexity index is 804. The van der Waals surface area contributed by atoms with E-state index in [9.17, 15) is 9.90 Å². The summed E-state index contributed by atoms with van der Waals surface area (Å²) in [4.78, 5) is 13.8. The third-order valence-corrected chi connectivity index (χ3v) is 7.10. The fourth-order valence-corrected chi connectivity index (χ4v) is 5.36. The van der Waals surface area contributed by atoms with Crippen molar-refractivity contribution in [2.24, 2.45) is 0 Å². The van der Waals surface area contributed by atoms with Gasteiger partial charge >= 0.3 is 0 Å². The molecule has 1 aromatic rings. The van der Waals surface area contributed by atoms with E-state index in [4.69, 9.17) is 0 Å². The van der Waals surface area contributed by atoms with E-state index in [1.807, 2.05) is 6.92 Å². The van der Waals surface area contributed by atoms with Gasteiger partial charge in [0.05, 0.1) is 5.41 Å². The Hall–Kier alpha value is -1.55. The van der Waals surface area contributed by atoms with Gasteiger partial charge in [0.1, 0.15) is 5.75 Å². The number of phenols is 1. The van der Waals surface area contributed by atoms with Crippen LogP contribution in [0.1, 0.15) is 119 Å². The van der Waals surface area contributed by atoms with Gasteiger partial charge in [-0.25, -0.2) is 0 Å². The lowest BCUT2D eigenvalue weighted by molar-refractivity contribution is -0.127. The second kappa shape index (κ2) is 8.34. The predicted molar refractivity (Wildman–Crippen MR) is 136 cm³/mol. The van der Waals surface area contributed by atoms with Crippen LogP contribution in [0.3, 0.4) is 0 Å². The van der Waals surface area contributed by atoms with Crippen LogP contribution in [-0.4, -0.2) is 28.1 Å². The summed E-state index contributed by atoms with van der Waals surface area (Å²) in [5.41, 5.74) is 1.60. The first-order valence-corrected chi connectivity index (χ1v) is 12.2. The van der Waals surface area contributed by atoms with Crippen LogP contribution in [0, 0.1) is 0 Å². The van der Waals surface area contributed by atoms with Crippen LogP contribution < -0.4 is 10.6 Å². The molecule has 1 aliphatic rings. The molecule has 1 unspecified atom stereocenters. The lowest BCUT2D eigenvalue weighted by Crippen LogP contribution is -2.63. The van der Waals surface area contributed by atoms with Crippen LogP contribution in [0.2, 0.25) is 0 Å². The molecule has 4 nitrogen and oxygen atoms in total. The van der Waals surface area contributed by atoms with E-state index >= 15 is 0 Å². The monoisotopic (exact) mass is 444 g/mol. The van der Waals surface area contributed by atoms with E-state index in [1.54, 1.807) is 0 Å². The van der Waals surface area contributed by atoms with Gasteiger partial charge in [-0.2, -0.15) is 0 Å². The zero-order valence-corrected chi connectivity index (χ0v) is 22.7. The normalized spacial score (nSPS) is 21.1. The van der Waals surface area contributed by atoms with Crippen LogP contribution in [0.5, 0.6) is 5.75 Å². The average molecular weight is 445 g/mol. The number of rotatable bonds is 4. The highest BCUT2D eigenvalue weighted by molar-refractivity contribution is 5.88. The number of carbonyl (C=O) groups excluding carboxylic acids is 1. The molecule has 1 aliphatic heterocycles. The Morgan fingerprint density at radius 2 is 1.38 bits per heavy atom. The van der Waals surface area contributed by atoms with Crippen molar-refractivity contribution < 1.29 is 9.90 Å². The van der Waals surface area contributed by atoms with Gasteiger partial charge in [0.25, 0.3) is 0 Å². The maximum atomic E-state index is 13.8. The van der Waals surface area contributed by atoms with Gasteiger partial charge in [-0.15, -0.1) is 0 Å². The van der Waals surface area contributed by atoms with Gasteiger partial charge in [0.15, 0.2) is 0 Å². The van der Waals surface area contributed by atoms with Crippen molar-refractivity contribution in [1.29, 1.82) is 0 Å². The zero-order chi connectivity index (χ0) is 24.9. The molecule has 2 rings (SSSR count). The van der Waals surface area contributed by atoms with Crippen molar-refractivity contribution in [3.63, 3.8) is 0 Å². The van der Waals surface area contributed by atoms with Gasteiger partial charge in [0, 0.05) is 17.1 Å². The van der Waals surface area contributed by atoms with Crippen molar-refractivity contribution in [1.82, 2.24) is 10.6 Å². The Kier molecular flexibility index (Phi) is 6.96. The summed E-state index contributed by atoms with van der Waals surface area (Å²) in [6, 6.07) is 4.24. The smallest absolute Gasteiger partial charge is 0.230 e. The van der Waals surface area contributed by atoms with Crippen LogP contribution >= 0.6 is 0 Å². The third kappa shape index (κ3) is 5.68. The maximum Gasteiger partial charge on any atom is 0.230 e. The van der Waals surface area contributed by atoms with Crippen molar-refractivity contribution in [2.75, 3.05) is 0 Å². The minimum Gasteiger partial charge on any atom is -0.507 e. The molecular formula is C28H48N2O2.